The normalized spacial score (nSPS) is 9.31. The molecule has 0 amide bonds. The van der Waals surface area contributed by atoms with Gasteiger partial charge < -0.3 is 5.32 Å². The molecule has 0 aliphatic heterocycles. The number of benzene rings is 1. The second-order valence-corrected chi connectivity index (χ2v) is 3.22. The van der Waals surface area contributed by atoms with Crippen LogP contribution in [-0.2, 0) is 0 Å². The highest BCUT2D eigenvalue weighted by atomic mass is 35.5. The van der Waals surface area contributed by atoms with Crippen molar-refractivity contribution >= 4 is 17.3 Å². The first kappa shape index (κ1) is 9.95. The van der Waals surface area contributed by atoms with Gasteiger partial charge in [0.2, 0.25) is 0 Å². The summed E-state index contributed by atoms with van der Waals surface area (Å²) in [5.41, 5.74) is 2.13. The Hall–Kier alpha value is -1.13. The van der Waals surface area contributed by atoms with Gasteiger partial charge in [0.05, 0.1) is 10.7 Å². The molecule has 0 radical (unpaired) electrons. The maximum Gasteiger partial charge on any atom is 0.0640 e. The largest absolute Gasteiger partial charge is 0.383 e. The minimum absolute atomic E-state index is 0.713. The second-order valence-electron chi connectivity index (χ2n) is 2.81. The Kier molecular flexibility index (Phi) is 3.67. The quantitative estimate of drug-likeness (QED) is 0.575. The van der Waals surface area contributed by atoms with Crippen molar-refractivity contribution in [3.05, 3.63) is 28.8 Å². The molecule has 1 nitrogen and oxygen atoms in total. The van der Waals surface area contributed by atoms with Crippen molar-refractivity contribution in [2.45, 2.75) is 13.3 Å². The Balaban J connectivity index is 2.71. The van der Waals surface area contributed by atoms with E-state index in [-0.39, 0.29) is 0 Å². The lowest BCUT2D eigenvalue weighted by atomic mass is 10.2. The van der Waals surface area contributed by atoms with Gasteiger partial charge in [-0.05, 0) is 18.6 Å². The fraction of sp³-hybridized carbons (Fsp3) is 0.273. The van der Waals surface area contributed by atoms with Crippen LogP contribution < -0.4 is 5.32 Å². The van der Waals surface area contributed by atoms with Gasteiger partial charge in [-0.3, -0.25) is 0 Å². The molecule has 0 atom stereocenters. The van der Waals surface area contributed by atoms with Crippen LogP contribution in [0.3, 0.4) is 0 Å². The van der Waals surface area contributed by atoms with Crippen molar-refractivity contribution in [1.82, 2.24) is 0 Å². The van der Waals surface area contributed by atoms with Gasteiger partial charge in [-0.15, -0.1) is 12.3 Å². The van der Waals surface area contributed by atoms with E-state index in [1.807, 2.05) is 25.1 Å². The van der Waals surface area contributed by atoms with Crippen LogP contribution in [0.25, 0.3) is 0 Å². The van der Waals surface area contributed by atoms with Crippen molar-refractivity contribution in [1.29, 1.82) is 0 Å². The summed E-state index contributed by atoms with van der Waals surface area (Å²) in [6.07, 6.45) is 5.86. The molecule has 0 spiro atoms. The second kappa shape index (κ2) is 4.79. The average Bonchev–Trinajstić information content (AvgIpc) is 2.10. The lowest BCUT2D eigenvalue weighted by Gasteiger charge is -2.09. The van der Waals surface area contributed by atoms with Crippen molar-refractivity contribution in [3.63, 3.8) is 0 Å². The van der Waals surface area contributed by atoms with E-state index in [9.17, 15) is 0 Å². The third kappa shape index (κ3) is 2.68. The summed E-state index contributed by atoms with van der Waals surface area (Å²) in [6.45, 7) is 2.78. The number of rotatable bonds is 3. The predicted octanol–water partition coefficient (Wildman–Crippen LogP) is 3.08. The Bertz CT molecular complexity index is 305. The molecule has 68 valence electrons. The number of terminal acetylenes is 1. The zero-order chi connectivity index (χ0) is 9.68. The highest BCUT2D eigenvalue weighted by Gasteiger charge is 2.00. The fourth-order valence-corrected chi connectivity index (χ4v) is 1.40. The van der Waals surface area contributed by atoms with E-state index in [1.54, 1.807) is 0 Å². The average molecular weight is 194 g/mol. The van der Waals surface area contributed by atoms with Gasteiger partial charge in [0.1, 0.15) is 0 Å². The van der Waals surface area contributed by atoms with Gasteiger partial charge >= 0.3 is 0 Å². The van der Waals surface area contributed by atoms with E-state index >= 15 is 0 Å². The Morgan fingerprint density at radius 3 is 2.92 bits per heavy atom. The zero-order valence-electron chi connectivity index (χ0n) is 7.60. The SMILES string of the molecule is C#CCCNc1c(C)cccc1Cl. The van der Waals surface area contributed by atoms with Crippen LogP contribution in [0.2, 0.25) is 5.02 Å². The summed E-state index contributed by atoms with van der Waals surface area (Å²) >= 11 is 5.99. The molecule has 13 heavy (non-hydrogen) atoms. The van der Waals surface area contributed by atoms with Gasteiger partial charge in [0.15, 0.2) is 0 Å². The molecular weight excluding hydrogens is 182 g/mol. The molecule has 1 N–H and O–H groups in total. The molecule has 1 rings (SSSR count). The number of anilines is 1. The van der Waals surface area contributed by atoms with E-state index in [4.69, 9.17) is 18.0 Å². The minimum atomic E-state index is 0.713. The topological polar surface area (TPSA) is 12.0 Å². The third-order valence-corrected chi connectivity index (χ3v) is 2.11. The molecule has 0 saturated heterocycles. The first-order chi connectivity index (χ1) is 6.25. The zero-order valence-corrected chi connectivity index (χ0v) is 8.36. The van der Waals surface area contributed by atoms with Gasteiger partial charge in [0.25, 0.3) is 0 Å². The summed E-state index contributed by atoms with van der Waals surface area (Å²) in [5, 5.41) is 3.95. The molecule has 0 aromatic heterocycles. The van der Waals surface area contributed by atoms with Gasteiger partial charge in [-0.2, -0.15) is 0 Å². The Morgan fingerprint density at radius 1 is 1.54 bits per heavy atom. The van der Waals surface area contributed by atoms with Crippen LogP contribution in [0, 0.1) is 19.3 Å². The number of hydrogen-bond donors (Lipinski definition) is 1. The maximum atomic E-state index is 5.99. The van der Waals surface area contributed by atoms with Crippen LogP contribution in [0.4, 0.5) is 5.69 Å². The molecular formula is C11H12ClN. The van der Waals surface area contributed by atoms with Crippen molar-refractivity contribution in [3.8, 4) is 12.3 Å². The van der Waals surface area contributed by atoms with E-state index in [0.29, 0.717) is 6.42 Å². The van der Waals surface area contributed by atoms with Gasteiger partial charge in [0, 0.05) is 13.0 Å². The molecule has 1 aromatic rings. The Morgan fingerprint density at radius 2 is 2.31 bits per heavy atom. The number of hydrogen-bond acceptors (Lipinski definition) is 1. The predicted molar refractivity (Wildman–Crippen MR) is 58.1 cm³/mol. The summed E-state index contributed by atoms with van der Waals surface area (Å²) in [4.78, 5) is 0. The summed E-state index contributed by atoms with van der Waals surface area (Å²) in [5.74, 6) is 2.57. The first-order valence-electron chi connectivity index (χ1n) is 4.18. The Labute approximate surface area is 84.1 Å². The monoisotopic (exact) mass is 193 g/mol. The molecule has 0 fully saturated rings. The number of para-hydroxylation sites is 1. The van der Waals surface area contributed by atoms with E-state index in [2.05, 4.69) is 11.2 Å². The molecule has 0 heterocycles. The third-order valence-electron chi connectivity index (χ3n) is 1.79. The molecule has 0 unspecified atom stereocenters. The molecule has 0 saturated carbocycles. The number of aryl methyl sites for hydroxylation is 1. The van der Waals surface area contributed by atoms with Crippen LogP contribution in [0.15, 0.2) is 18.2 Å². The summed E-state index contributed by atoms with van der Waals surface area (Å²) in [6, 6.07) is 5.82. The first-order valence-corrected chi connectivity index (χ1v) is 4.56. The summed E-state index contributed by atoms with van der Waals surface area (Å²) < 4.78 is 0. The van der Waals surface area contributed by atoms with Crippen LogP contribution in [-0.4, -0.2) is 6.54 Å². The number of halogens is 1. The molecule has 0 aliphatic carbocycles. The van der Waals surface area contributed by atoms with Crippen molar-refractivity contribution < 1.29 is 0 Å². The smallest absolute Gasteiger partial charge is 0.0640 e. The van der Waals surface area contributed by atoms with E-state index < -0.39 is 0 Å². The highest BCUT2D eigenvalue weighted by Crippen LogP contribution is 2.24. The van der Waals surface area contributed by atoms with E-state index in [1.165, 1.54) is 0 Å². The number of nitrogens with one attached hydrogen (secondary N) is 1. The van der Waals surface area contributed by atoms with Crippen LogP contribution in [0.1, 0.15) is 12.0 Å². The minimum Gasteiger partial charge on any atom is -0.383 e. The van der Waals surface area contributed by atoms with Gasteiger partial charge in [-0.1, -0.05) is 23.7 Å². The van der Waals surface area contributed by atoms with Crippen LogP contribution >= 0.6 is 11.6 Å². The van der Waals surface area contributed by atoms with Crippen LogP contribution in [0.5, 0.6) is 0 Å². The maximum absolute atomic E-state index is 5.99. The molecule has 0 aliphatic rings. The van der Waals surface area contributed by atoms with Gasteiger partial charge in [-0.25, -0.2) is 0 Å². The van der Waals surface area contributed by atoms with Crippen molar-refractivity contribution in [2.75, 3.05) is 11.9 Å². The lowest BCUT2D eigenvalue weighted by molar-refractivity contribution is 1.09. The standard InChI is InChI=1S/C11H12ClN/c1-3-4-8-13-11-9(2)6-5-7-10(11)12/h1,5-7,13H,4,8H2,2H3. The highest BCUT2D eigenvalue weighted by molar-refractivity contribution is 6.33. The molecule has 2 heteroatoms. The lowest BCUT2D eigenvalue weighted by Crippen LogP contribution is -2.02. The fourth-order valence-electron chi connectivity index (χ4n) is 1.12. The molecule has 1 aromatic carbocycles. The summed E-state index contributed by atoms with van der Waals surface area (Å²) in [7, 11) is 0. The molecule has 0 bridgehead atoms. The van der Waals surface area contributed by atoms with E-state index in [0.717, 1.165) is 22.8 Å². The van der Waals surface area contributed by atoms with Crippen molar-refractivity contribution in [2.24, 2.45) is 0 Å².